The maximum Gasteiger partial charge on any atom is 0.338 e. The van der Waals surface area contributed by atoms with Gasteiger partial charge in [-0.05, 0) is 36.2 Å². The maximum absolute atomic E-state index is 13.0. The summed E-state index contributed by atoms with van der Waals surface area (Å²) in [5.41, 5.74) is 3.23. The highest BCUT2D eigenvalue weighted by atomic mass is 35.5. The summed E-state index contributed by atoms with van der Waals surface area (Å²) in [6.45, 7) is 2.11. The standard InChI is InChI=1S/C26H23ClN2O4/c1-17-23(25(30)33-15-18-8-3-2-4-9-18)24(29-26(31)28-17)19-11-7-12-21(14-19)32-16-20-10-5-6-13-22(20)27/h2-14,24H,15-16H2,1H3,(H2,28,29,31). The second-order valence-corrected chi connectivity index (χ2v) is 7.99. The van der Waals surface area contributed by atoms with E-state index in [4.69, 9.17) is 21.1 Å². The van der Waals surface area contributed by atoms with E-state index in [1.54, 1.807) is 13.0 Å². The number of ether oxygens (including phenoxy) is 2. The van der Waals surface area contributed by atoms with Gasteiger partial charge in [0, 0.05) is 16.3 Å². The first-order valence-electron chi connectivity index (χ1n) is 10.5. The molecule has 0 fully saturated rings. The van der Waals surface area contributed by atoms with E-state index in [0.717, 1.165) is 11.1 Å². The Morgan fingerprint density at radius 3 is 2.52 bits per heavy atom. The van der Waals surface area contributed by atoms with E-state index in [2.05, 4.69) is 10.6 Å². The monoisotopic (exact) mass is 462 g/mol. The number of urea groups is 1. The first-order chi connectivity index (χ1) is 16.0. The number of carbonyl (C=O) groups excluding carboxylic acids is 2. The quantitative estimate of drug-likeness (QED) is 0.468. The molecule has 7 heteroatoms. The number of hydrogen-bond donors (Lipinski definition) is 2. The third-order valence-corrected chi connectivity index (χ3v) is 5.61. The lowest BCUT2D eigenvalue weighted by Gasteiger charge is -2.28. The molecule has 1 atom stereocenters. The van der Waals surface area contributed by atoms with E-state index < -0.39 is 12.0 Å². The van der Waals surface area contributed by atoms with Crippen molar-refractivity contribution in [2.45, 2.75) is 26.2 Å². The molecule has 4 rings (SSSR count). The molecule has 0 aromatic heterocycles. The predicted molar refractivity (Wildman–Crippen MR) is 126 cm³/mol. The van der Waals surface area contributed by atoms with Gasteiger partial charge in [0.15, 0.2) is 0 Å². The predicted octanol–water partition coefficient (Wildman–Crippen LogP) is 5.29. The lowest BCUT2D eigenvalue weighted by molar-refractivity contribution is -0.140. The van der Waals surface area contributed by atoms with Crippen LogP contribution in [0.5, 0.6) is 5.75 Å². The summed E-state index contributed by atoms with van der Waals surface area (Å²) in [5.74, 6) is 0.0890. The lowest BCUT2D eigenvalue weighted by Crippen LogP contribution is -2.45. The summed E-state index contributed by atoms with van der Waals surface area (Å²) in [6.07, 6.45) is 0. The Labute approximate surface area is 197 Å². The number of benzene rings is 3. The van der Waals surface area contributed by atoms with Crippen LogP contribution in [0.1, 0.15) is 29.7 Å². The summed E-state index contributed by atoms with van der Waals surface area (Å²) in [4.78, 5) is 25.2. The molecule has 1 aliphatic heterocycles. The molecule has 1 unspecified atom stereocenters. The molecular weight excluding hydrogens is 440 g/mol. The van der Waals surface area contributed by atoms with Gasteiger partial charge in [-0.15, -0.1) is 0 Å². The minimum Gasteiger partial charge on any atom is -0.489 e. The summed E-state index contributed by atoms with van der Waals surface area (Å²) in [6, 6.07) is 23.1. The zero-order valence-electron chi connectivity index (χ0n) is 18.0. The van der Waals surface area contributed by atoms with E-state index in [0.29, 0.717) is 34.2 Å². The number of nitrogens with one attached hydrogen (secondary N) is 2. The number of allylic oxidation sites excluding steroid dienone is 1. The smallest absolute Gasteiger partial charge is 0.338 e. The lowest BCUT2D eigenvalue weighted by atomic mass is 9.95. The van der Waals surface area contributed by atoms with E-state index in [9.17, 15) is 9.59 Å². The average Bonchev–Trinajstić information content (AvgIpc) is 2.82. The Kier molecular flexibility index (Phi) is 6.95. The fourth-order valence-corrected chi connectivity index (χ4v) is 3.77. The molecule has 0 radical (unpaired) electrons. The highest BCUT2D eigenvalue weighted by Gasteiger charge is 2.32. The van der Waals surface area contributed by atoms with Gasteiger partial charge in [0.05, 0.1) is 11.6 Å². The van der Waals surface area contributed by atoms with E-state index in [-0.39, 0.29) is 12.6 Å². The first kappa shape index (κ1) is 22.4. The molecule has 33 heavy (non-hydrogen) atoms. The molecule has 168 valence electrons. The second kappa shape index (κ2) is 10.2. The summed E-state index contributed by atoms with van der Waals surface area (Å²) in [7, 11) is 0. The van der Waals surface area contributed by atoms with E-state index >= 15 is 0 Å². The number of carbonyl (C=O) groups is 2. The molecule has 0 aliphatic carbocycles. The average molecular weight is 463 g/mol. The summed E-state index contributed by atoms with van der Waals surface area (Å²) < 4.78 is 11.5. The Balaban J connectivity index is 1.53. The van der Waals surface area contributed by atoms with Gasteiger partial charge in [-0.1, -0.05) is 72.3 Å². The molecule has 0 spiro atoms. The third kappa shape index (κ3) is 5.54. The van der Waals surface area contributed by atoms with Crippen LogP contribution in [0.15, 0.2) is 90.1 Å². The zero-order chi connectivity index (χ0) is 23.2. The van der Waals surface area contributed by atoms with Crippen molar-refractivity contribution in [3.8, 4) is 5.75 Å². The molecule has 3 aromatic rings. The van der Waals surface area contributed by atoms with Gasteiger partial charge in [-0.2, -0.15) is 0 Å². The van der Waals surface area contributed by atoms with Crippen molar-refractivity contribution < 1.29 is 19.1 Å². The summed E-state index contributed by atoms with van der Waals surface area (Å²) in [5, 5.41) is 6.10. The highest BCUT2D eigenvalue weighted by Crippen LogP contribution is 2.30. The van der Waals surface area contributed by atoms with Crippen molar-refractivity contribution in [3.63, 3.8) is 0 Å². The third-order valence-electron chi connectivity index (χ3n) is 5.25. The van der Waals surface area contributed by atoms with Crippen molar-refractivity contribution in [3.05, 3.63) is 112 Å². The molecule has 1 heterocycles. The van der Waals surface area contributed by atoms with Crippen LogP contribution in [0.2, 0.25) is 5.02 Å². The normalized spacial score (nSPS) is 15.5. The van der Waals surface area contributed by atoms with Crippen LogP contribution < -0.4 is 15.4 Å². The van der Waals surface area contributed by atoms with Crippen molar-refractivity contribution in [2.24, 2.45) is 0 Å². The van der Waals surface area contributed by atoms with E-state index in [1.807, 2.05) is 72.8 Å². The molecule has 2 N–H and O–H groups in total. The molecule has 6 nitrogen and oxygen atoms in total. The largest absolute Gasteiger partial charge is 0.489 e. The van der Waals surface area contributed by atoms with Crippen LogP contribution >= 0.6 is 11.6 Å². The van der Waals surface area contributed by atoms with E-state index in [1.165, 1.54) is 0 Å². The van der Waals surface area contributed by atoms with Crippen LogP contribution in [0.3, 0.4) is 0 Å². The summed E-state index contributed by atoms with van der Waals surface area (Å²) >= 11 is 6.21. The van der Waals surface area contributed by atoms with Crippen molar-refractivity contribution >= 4 is 23.6 Å². The number of halogens is 1. The van der Waals surface area contributed by atoms with Crippen molar-refractivity contribution in [2.75, 3.05) is 0 Å². The molecule has 0 saturated heterocycles. The fourth-order valence-electron chi connectivity index (χ4n) is 3.58. The van der Waals surface area contributed by atoms with Gasteiger partial charge in [0.25, 0.3) is 0 Å². The van der Waals surface area contributed by atoms with Gasteiger partial charge in [0.1, 0.15) is 19.0 Å². The van der Waals surface area contributed by atoms with Crippen LogP contribution in [0.25, 0.3) is 0 Å². The van der Waals surface area contributed by atoms with Crippen LogP contribution in [0.4, 0.5) is 4.79 Å². The molecule has 1 aliphatic rings. The Morgan fingerprint density at radius 1 is 0.970 bits per heavy atom. The van der Waals surface area contributed by atoms with Gasteiger partial charge >= 0.3 is 12.0 Å². The second-order valence-electron chi connectivity index (χ2n) is 7.58. The van der Waals surface area contributed by atoms with Gasteiger partial charge in [0.2, 0.25) is 0 Å². The number of amides is 2. The molecule has 2 amide bonds. The molecule has 3 aromatic carbocycles. The molecule has 0 saturated carbocycles. The van der Waals surface area contributed by atoms with Crippen LogP contribution in [0, 0.1) is 0 Å². The van der Waals surface area contributed by atoms with Gasteiger partial charge in [-0.3, -0.25) is 0 Å². The topological polar surface area (TPSA) is 76.7 Å². The SMILES string of the molecule is CC1=C(C(=O)OCc2ccccc2)C(c2cccc(OCc3ccccc3Cl)c2)NC(=O)N1. The zero-order valence-corrected chi connectivity index (χ0v) is 18.8. The van der Waals surface area contributed by atoms with Crippen LogP contribution in [-0.4, -0.2) is 12.0 Å². The Hall–Kier alpha value is -3.77. The van der Waals surface area contributed by atoms with Gasteiger partial charge in [-0.25, -0.2) is 9.59 Å². The number of rotatable bonds is 7. The van der Waals surface area contributed by atoms with Gasteiger partial charge < -0.3 is 20.1 Å². The Bertz CT molecular complexity index is 1190. The maximum atomic E-state index is 13.0. The first-order valence-corrected chi connectivity index (χ1v) is 10.8. The van der Waals surface area contributed by atoms with Crippen molar-refractivity contribution in [1.29, 1.82) is 0 Å². The minimum absolute atomic E-state index is 0.137. The Morgan fingerprint density at radius 2 is 1.73 bits per heavy atom. The molecule has 0 bridgehead atoms. The van der Waals surface area contributed by atoms with Crippen LogP contribution in [-0.2, 0) is 22.7 Å². The number of esters is 1. The fraction of sp³-hybridized carbons (Fsp3) is 0.154. The minimum atomic E-state index is -0.675. The van der Waals surface area contributed by atoms with Crippen molar-refractivity contribution in [1.82, 2.24) is 10.6 Å². The molecular formula is C26H23ClN2O4. The highest BCUT2D eigenvalue weighted by molar-refractivity contribution is 6.31. The number of hydrogen-bond acceptors (Lipinski definition) is 4.